The molecule has 4 rings (SSSR count). The van der Waals surface area contributed by atoms with E-state index in [9.17, 15) is 26.4 Å². The van der Waals surface area contributed by atoms with E-state index in [0.717, 1.165) is 42.7 Å². The predicted molar refractivity (Wildman–Crippen MR) is 148 cm³/mol. The molecule has 2 fully saturated rings. The lowest BCUT2D eigenvalue weighted by molar-refractivity contribution is -0.114. The van der Waals surface area contributed by atoms with Crippen molar-refractivity contribution in [2.75, 3.05) is 48.7 Å². The van der Waals surface area contributed by atoms with E-state index in [2.05, 4.69) is 10.6 Å². The summed E-state index contributed by atoms with van der Waals surface area (Å²) < 4.78 is 58.4. The van der Waals surface area contributed by atoms with Crippen molar-refractivity contribution < 1.29 is 31.2 Å². The van der Waals surface area contributed by atoms with Gasteiger partial charge in [-0.2, -0.15) is 4.31 Å². The number of ether oxygens (including phenoxy) is 1. The zero-order valence-electron chi connectivity index (χ0n) is 21.8. The second-order valence-electron chi connectivity index (χ2n) is 9.68. The Morgan fingerprint density at radius 2 is 1.59 bits per heavy atom. The Labute approximate surface area is 229 Å². The van der Waals surface area contributed by atoms with Gasteiger partial charge < -0.3 is 15.4 Å². The average Bonchev–Trinajstić information content (AvgIpc) is 2.92. The number of benzene rings is 2. The third kappa shape index (κ3) is 7.35. The molecule has 1 aliphatic heterocycles. The van der Waals surface area contributed by atoms with E-state index >= 15 is 0 Å². The maximum absolute atomic E-state index is 13.0. The fourth-order valence-electron chi connectivity index (χ4n) is 4.74. The van der Waals surface area contributed by atoms with Crippen LogP contribution in [0.25, 0.3) is 0 Å². The number of para-hydroxylation sites is 1. The molecule has 0 spiro atoms. The second kappa shape index (κ2) is 12.5. The van der Waals surface area contributed by atoms with Gasteiger partial charge in [-0.1, -0.05) is 31.4 Å². The maximum atomic E-state index is 13.0. The predicted octanol–water partition coefficient (Wildman–Crippen LogP) is 2.17. The number of hydrogen-bond donors (Lipinski definition) is 2. The molecule has 2 aromatic carbocycles. The van der Waals surface area contributed by atoms with Crippen LogP contribution < -0.4 is 14.9 Å². The van der Waals surface area contributed by atoms with Gasteiger partial charge in [-0.25, -0.2) is 16.8 Å². The Kier molecular flexibility index (Phi) is 9.26. The highest BCUT2D eigenvalue weighted by Gasteiger charge is 2.28. The smallest absolute Gasteiger partial charge is 0.253 e. The maximum Gasteiger partial charge on any atom is 0.253 e. The van der Waals surface area contributed by atoms with Gasteiger partial charge >= 0.3 is 0 Å². The molecule has 0 unspecified atom stereocenters. The first-order valence-corrected chi connectivity index (χ1v) is 16.2. The van der Waals surface area contributed by atoms with Crippen LogP contribution in [0.15, 0.2) is 53.4 Å². The minimum absolute atomic E-state index is 0.0176. The average molecular weight is 579 g/mol. The SMILES string of the molecule is CS(=O)(=O)N(CC(=O)Nc1ccccc1C(=O)NC1CCCCC1)c1ccc(S(=O)(=O)N2CCOCC2)cc1. The Bertz CT molecular complexity index is 1380. The topological polar surface area (TPSA) is 142 Å². The number of hydrogen-bond acceptors (Lipinski definition) is 7. The van der Waals surface area contributed by atoms with Crippen molar-refractivity contribution in [3.05, 3.63) is 54.1 Å². The second-order valence-corrected chi connectivity index (χ2v) is 13.5. The zero-order valence-corrected chi connectivity index (χ0v) is 23.5. The number of nitrogens with one attached hydrogen (secondary N) is 2. The first-order chi connectivity index (χ1) is 18.6. The van der Waals surface area contributed by atoms with Gasteiger partial charge in [0.25, 0.3) is 5.91 Å². The molecule has 1 heterocycles. The number of carbonyl (C=O) groups excluding carboxylic acids is 2. The number of sulfonamides is 2. The number of amides is 2. The molecule has 0 atom stereocenters. The molecule has 2 aromatic rings. The van der Waals surface area contributed by atoms with Crippen LogP contribution in [0.2, 0.25) is 0 Å². The quantitative estimate of drug-likeness (QED) is 0.464. The lowest BCUT2D eigenvalue weighted by atomic mass is 9.95. The highest BCUT2D eigenvalue weighted by atomic mass is 32.2. The Morgan fingerprint density at radius 1 is 0.949 bits per heavy atom. The van der Waals surface area contributed by atoms with Crippen LogP contribution in [0.3, 0.4) is 0 Å². The monoisotopic (exact) mass is 578 g/mol. The Balaban J connectivity index is 1.47. The molecule has 39 heavy (non-hydrogen) atoms. The summed E-state index contributed by atoms with van der Waals surface area (Å²) in [5, 5.41) is 5.68. The molecule has 11 nitrogen and oxygen atoms in total. The van der Waals surface area contributed by atoms with Crippen LogP contribution >= 0.6 is 0 Å². The summed E-state index contributed by atoms with van der Waals surface area (Å²) in [7, 11) is -7.66. The van der Waals surface area contributed by atoms with E-state index in [1.54, 1.807) is 24.3 Å². The highest BCUT2D eigenvalue weighted by molar-refractivity contribution is 7.92. The molecule has 1 aliphatic carbocycles. The van der Waals surface area contributed by atoms with Crippen LogP contribution in [-0.2, 0) is 29.6 Å². The molecule has 212 valence electrons. The van der Waals surface area contributed by atoms with E-state index < -0.39 is 32.5 Å². The van der Waals surface area contributed by atoms with Gasteiger partial charge in [-0.3, -0.25) is 13.9 Å². The molecule has 0 radical (unpaired) electrons. The molecule has 1 saturated heterocycles. The molecular formula is C26H34N4O7S2. The van der Waals surface area contributed by atoms with Crippen molar-refractivity contribution in [3.63, 3.8) is 0 Å². The van der Waals surface area contributed by atoms with Gasteiger partial charge in [0.15, 0.2) is 0 Å². The third-order valence-electron chi connectivity index (χ3n) is 6.81. The summed E-state index contributed by atoms with van der Waals surface area (Å²) in [5.41, 5.74) is 0.702. The lowest BCUT2D eigenvalue weighted by Gasteiger charge is -2.26. The van der Waals surface area contributed by atoms with Gasteiger partial charge in [-0.15, -0.1) is 0 Å². The van der Waals surface area contributed by atoms with E-state index in [1.165, 1.54) is 28.6 Å². The summed E-state index contributed by atoms with van der Waals surface area (Å²) in [6, 6.07) is 12.0. The normalized spacial score (nSPS) is 17.4. The zero-order chi connectivity index (χ0) is 28.0. The van der Waals surface area contributed by atoms with Gasteiger partial charge in [-0.05, 0) is 49.2 Å². The standard InChI is InChI=1S/C26H34N4O7S2/c1-38(33,34)30(21-11-13-22(14-12-21)39(35,36)29-15-17-37-18-16-29)19-25(31)28-24-10-6-5-9-23(24)26(32)27-20-7-3-2-4-8-20/h5-6,9-14,20H,2-4,7-8,15-19H2,1H3,(H,27,32)(H,28,31). The number of nitrogens with zero attached hydrogens (tertiary/aromatic N) is 2. The van der Waals surface area contributed by atoms with Gasteiger partial charge in [0, 0.05) is 19.1 Å². The van der Waals surface area contributed by atoms with Crippen molar-refractivity contribution in [3.8, 4) is 0 Å². The summed E-state index contributed by atoms with van der Waals surface area (Å²) in [5.74, 6) is -0.946. The third-order valence-corrected chi connectivity index (χ3v) is 9.86. The Hall–Kier alpha value is -3.00. The van der Waals surface area contributed by atoms with Crippen LogP contribution in [0.4, 0.5) is 11.4 Å². The molecule has 13 heteroatoms. The number of rotatable bonds is 9. The first-order valence-electron chi connectivity index (χ1n) is 12.9. The highest BCUT2D eigenvalue weighted by Crippen LogP contribution is 2.24. The minimum Gasteiger partial charge on any atom is -0.379 e. The molecule has 2 aliphatic rings. The summed E-state index contributed by atoms with van der Waals surface area (Å²) in [6.45, 7) is 0.520. The first kappa shape index (κ1) is 29.0. The molecule has 2 amide bonds. The molecule has 2 N–H and O–H groups in total. The van der Waals surface area contributed by atoms with Crippen LogP contribution in [0, 0.1) is 0 Å². The van der Waals surface area contributed by atoms with Gasteiger partial charge in [0.2, 0.25) is 26.0 Å². The van der Waals surface area contributed by atoms with Crippen molar-refractivity contribution in [2.45, 2.75) is 43.0 Å². The van der Waals surface area contributed by atoms with Crippen molar-refractivity contribution >= 4 is 43.2 Å². The van der Waals surface area contributed by atoms with Gasteiger partial charge in [0.05, 0.1) is 41.3 Å². The fourth-order valence-corrected chi connectivity index (χ4v) is 7.01. The molecular weight excluding hydrogens is 544 g/mol. The summed E-state index contributed by atoms with van der Waals surface area (Å²) >= 11 is 0. The minimum atomic E-state index is -3.90. The number of carbonyl (C=O) groups is 2. The van der Waals surface area contributed by atoms with Crippen LogP contribution in [0.1, 0.15) is 42.5 Å². The van der Waals surface area contributed by atoms with Crippen LogP contribution in [0.5, 0.6) is 0 Å². The van der Waals surface area contributed by atoms with E-state index in [-0.39, 0.29) is 41.3 Å². The largest absolute Gasteiger partial charge is 0.379 e. The number of anilines is 2. The van der Waals surface area contributed by atoms with E-state index in [4.69, 9.17) is 4.74 Å². The van der Waals surface area contributed by atoms with Crippen molar-refractivity contribution in [1.82, 2.24) is 9.62 Å². The Morgan fingerprint density at radius 3 is 2.23 bits per heavy atom. The van der Waals surface area contributed by atoms with Gasteiger partial charge in [0.1, 0.15) is 6.54 Å². The van der Waals surface area contributed by atoms with E-state index in [0.29, 0.717) is 18.8 Å². The molecule has 0 aromatic heterocycles. The van der Waals surface area contributed by atoms with Crippen molar-refractivity contribution in [1.29, 1.82) is 0 Å². The molecule has 1 saturated carbocycles. The summed E-state index contributed by atoms with van der Waals surface area (Å²) in [4.78, 5) is 25.9. The van der Waals surface area contributed by atoms with Crippen LogP contribution in [-0.4, -0.2) is 78.1 Å². The molecule has 0 bridgehead atoms. The number of morpholine rings is 1. The lowest BCUT2D eigenvalue weighted by Crippen LogP contribution is -2.40. The van der Waals surface area contributed by atoms with Crippen molar-refractivity contribution in [2.24, 2.45) is 0 Å². The van der Waals surface area contributed by atoms with E-state index in [1.807, 2.05) is 0 Å². The summed E-state index contributed by atoms with van der Waals surface area (Å²) in [6.07, 6.45) is 6.06. The fraction of sp³-hybridized carbons (Fsp3) is 0.462.